The number of likely N-dealkylation sites (N-methyl/N-ethyl adjacent to an activating group) is 1. The first-order valence-corrected chi connectivity index (χ1v) is 9.50. The van der Waals surface area contributed by atoms with Gasteiger partial charge in [-0.2, -0.15) is 0 Å². The molecule has 9 heteroatoms. The monoisotopic (exact) mass is 407 g/mol. The van der Waals surface area contributed by atoms with Gasteiger partial charge in [-0.1, -0.05) is 0 Å². The van der Waals surface area contributed by atoms with Crippen LogP contribution < -0.4 is 14.8 Å². The van der Waals surface area contributed by atoms with Crippen molar-refractivity contribution in [2.75, 3.05) is 33.9 Å². The molecule has 2 aliphatic rings. The Hall–Kier alpha value is -3.75. The van der Waals surface area contributed by atoms with Crippen molar-refractivity contribution in [2.45, 2.75) is 6.42 Å². The smallest absolute Gasteiger partial charge is 0.257 e. The molecule has 0 bridgehead atoms. The molecule has 2 aliphatic heterocycles. The van der Waals surface area contributed by atoms with E-state index >= 15 is 0 Å². The topological polar surface area (TPSA) is 105 Å². The van der Waals surface area contributed by atoms with E-state index in [1.165, 1.54) is 7.11 Å². The van der Waals surface area contributed by atoms with Crippen molar-refractivity contribution in [3.63, 3.8) is 0 Å². The number of hydrogen-bond donors (Lipinski definition) is 1. The minimum absolute atomic E-state index is 0.0810. The number of hydrogen-bond acceptors (Lipinski definition) is 8. The van der Waals surface area contributed by atoms with E-state index in [-0.39, 0.29) is 24.7 Å². The minimum atomic E-state index is -0.257. The second-order valence-electron chi connectivity index (χ2n) is 6.68. The number of aromatic nitrogens is 1. The molecule has 3 heterocycles. The molecule has 154 valence electrons. The van der Waals surface area contributed by atoms with Gasteiger partial charge in [-0.3, -0.25) is 19.6 Å². The molecule has 0 fully saturated rings. The third-order valence-electron chi connectivity index (χ3n) is 4.87. The number of benzene rings is 1. The van der Waals surface area contributed by atoms with E-state index in [9.17, 15) is 9.59 Å². The molecule has 0 unspecified atom stereocenters. The Labute approximate surface area is 173 Å². The number of amidine groups is 2. The minimum Gasteiger partial charge on any atom is -0.491 e. The van der Waals surface area contributed by atoms with Gasteiger partial charge in [0.2, 0.25) is 0 Å². The maximum absolute atomic E-state index is 12.8. The first-order valence-electron chi connectivity index (χ1n) is 9.50. The molecule has 1 amide bonds. The molecule has 0 radical (unpaired) electrons. The number of ether oxygens (including phenoxy) is 2. The first kappa shape index (κ1) is 19.6. The molecule has 1 aromatic carbocycles. The van der Waals surface area contributed by atoms with Gasteiger partial charge in [-0.15, -0.1) is 0 Å². The number of methoxy groups -OCH3 is 1. The molecule has 1 N–H and O–H groups in total. The van der Waals surface area contributed by atoms with E-state index in [2.05, 4.69) is 15.3 Å². The lowest BCUT2D eigenvalue weighted by Crippen LogP contribution is -2.38. The van der Waals surface area contributed by atoms with Crippen molar-refractivity contribution >= 4 is 29.0 Å². The zero-order chi connectivity index (χ0) is 21.1. The van der Waals surface area contributed by atoms with Crippen molar-refractivity contribution < 1.29 is 19.1 Å². The van der Waals surface area contributed by atoms with E-state index in [1.54, 1.807) is 37.6 Å². The van der Waals surface area contributed by atoms with Gasteiger partial charge in [0.15, 0.2) is 23.9 Å². The average Bonchev–Trinajstić information content (AvgIpc) is 3.28. The van der Waals surface area contributed by atoms with Crippen molar-refractivity contribution in [1.29, 1.82) is 0 Å². The van der Waals surface area contributed by atoms with Gasteiger partial charge < -0.3 is 19.7 Å². The first-order chi connectivity index (χ1) is 14.6. The van der Waals surface area contributed by atoms with Gasteiger partial charge >= 0.3 is 0 Å². The van der Waals surface area contributed by atoms with Gasteiger partial charge in [-0.25, -0.2) is 4.99 Å². The van der Waals surface area contributed by atoms with Crippen molar-refractivity contribution in [3.8, 4) is 11.5 Å². The van der Waals surface area contributed by atoms with Crippen LogP contribution in [0.15, 0.2) is 46.6 Å². The Morgan fingerprint density at radius 3 is 2.87 bits per heavy atom. The number of nitrogens with zero attached hydrogens (tertiary/aromatic N) is 4. The number of aliphatic imine (C=N–C) groups is 2. The van der Waals surface area contributed by atoms with Crippen molar-refractivity contribution in [3.05, 3.63) is 47.8 Å². The van der Waals surface area contributed by atoms with E-state index < -0.39 is 0 Å². The van der Waals surface area contributed by atoms with Crippen LogP contribution in [0.1, 0.15) is 22.3 Å². The van der Waals surface area contributed by atoms with Crippen LogP contribution >= 0.6 is 0 Å². The zero-order valence-electron chi connectivity index (χ0n) is 16.7. The van der Waals surface area contributed by atoms with Crippen LogP contribution in [0.3, 0.4) is 0 Å². The molecule has 0 spiro atoms. The predicted octanol–water partition coefficient (Wildman–Crippen LogP) is 1.59. The second kappa shape index (κ2) is 8.32. The summed E-state index contributed by atoms with van der Waals surface area (Å²) in [5, 5.41) is 2.51. The molecular weight excluding hydrogens is 386 g/mol. The molecule has 9 nitrogen and oxygen atoms in total. The second-order valence-corrected chi connectivity index (χ2v) is 6.68. The summed E-state index contributed by atoms with van der Waals surface area (Å²) in [4.78, 5) is 39.6. The quantitative estimate of drug-likeness (QED) is 0.699. The maximum Gasteiger partial charge on any atom is 0.257 e. The van der Waals surface area contributed by atoms with Gasteiger partial charge in [0.05, 0.1) is 20.1 Å². The molecule has 0 atom stereocenters. The summed E-state index contributed by atoms with van der Waals surface area (Å²) in [5.41, 5.74) is 1.87. The van der Waals surface area contributed by atoms with Crippen LogP contribution in [0, 0.1) is 0 Å². The van der Waals surface area contributed by atoms with Crippen molar-refractivity contribution in [2.24, 2.45) is 9.98 Å². The fourth-order valence-corrected chi connectivity index (χ4v) is 3.40. The van der Waals surface area contributed by atoms with Crippen LogP contribution in [0.4, 0.5) is 5.69 Å². The summed E-state index contributed by atoms with van der Waals surface area (Å²) < 4.78 is 11.2. The van der Waals surface area contributed by atoms with E-state index in [4.69, 9.17) is 14.5 Å². The maximum atomic E-state index is 12.8. The van der Waals surface area contributed by atoms with Crippen LogP contribution in [0.5, 0.6) is 11.5 Å². The summed E-state index contributed by atoms with van der Waals surface area (Å²) in [6, 6.07) is 7.04. The summed E-state index contributed by atoms with van der Waals surface area (Å²) >= 11 is 0. The van der Waals surface area contributed by atoms with Crippen LogP contribution in [0.25, 0.3) is 0 Å². The summed E-state index contributed by atoms with van der Waals surface area (Å²) in [6.45, 7) is 1.13. The highest BCUT2D eigenvalue weighted by atomic mass is 16.5. The number of Topliss-reactive ketones (excluding diaryl/α,β-unsaturated/α-hetero) is 1. The highest BCUT2D eigenvalue weighted by Gasteiger charge is 2.33. The molecule has 4 rings (SSSR count). The third kappa shape index (κ3) is 3.61. The number of carbonyl (C=O) groups excluding carboxylic acids is 2. The van der Waals surface area contributed by atoms with E-state index in [0.29, 0.717) is 41.7 Å². The van der Waals surface area contributed by atoms with Gasteiger partial charge in [0, 0.05) is 37.1 Å². The summed E-state index contributed by atoms with van der Waals surface area (Å²) in [5.74, 6) is 1.81. The Morgan fingerprint density at radius 1 is 1.27 bits per heavy atom. The lowest BCUT2D eigenvalue weighted by molar-refractivity contribution is -0.122. The predicted molar refractivity (Wildman–Crippen MR) is 111 cm³/mol. The van der Waals surface area contributed by atoms with E-state index in [1.807, 2.05) is 11.0 Å². The molecule has 1 aromatic heterocycles. The van der Waals surface area contributed by atoms with Crippen LogP contribution in [-0.4, -0.2) is 67.1 Å². The number of amides is 1. The fourth-order valence-electron chi connectivity index (χ4n) is 3.40. The molecule has 0 saturated carbocycles. The number of ketones is 1. The molecule has 2 aromatic rings. The van der Waals surface area contributed by atoms with Gasteiger partial charge in [0.25, 0.3) is 5.91 Å². The lowest BCUT2D eigenvalue weighted by atomic mass is 10.0. The van der Waals surface area contributed by atoms with Crippen LogP contribution in [0.2, 0.25) is 0 Å². The van der Waals surface area contributed by atoms with Gasteiger partial charge in [-0.05, 0) is 24.3 Å². The van der Waals surface area contributed by atoms with Gasteiger partial charge in [0.1, 0.15) is 17.4 Å². The lowest BCUT2D eigenvalue weighted by Gasteiger charge is -2.28. The number of nitrogens with one attached hydrogen (secondary N) is 1. The third-order valence-corrected chi connectivity index (χ3v) is 4.87. The Balaban J connectivity index is 1.71. The van der Waals surface area contributed by atoms with E-state index in [0.717, 1.165) is 11.4 Å². The fraction of sp³-hybridized carbons (Fsp3) is 0.286. The number of carbonyl (C=O) groups is 2. The van der Waals surface area contributed by atoms with Crippen LogP contribution in [-0.2, 0) is 4.79 Å². The van der Waals surface area contributed by atoms with Crippen molar-refractivity contribution in [1.82, 2.24) is 15.2 Å². The molecular formula is C21H21N5O4. The summed E-state index contributed by atoms with van der Waals surface area (Å²) in [6.07, 6.45) is 3.28. The largest absolute Gasteiger partial charge is 0.491 e. The molecule has 0 saturated heterocycles. The number of fused-ring (bicyclic) bond motifs is 3. The number of pyridine rings is 1. The Kier molecular flexibility index (Phi) is 5.42. The summed E-state index contributed by atoms with van der Waals surface area (Å²) in [7, 11) is 3.06. The SMILES string of the molecule is CNC(=O)COc1ccc2c(c1OC)N=C(CC(=O)c1cccnc1)N1CCN=C21. The molecule has 0 aliphatic carbocycles. The average molecular weight is 407 g/mol. The normalized spacial score (nSPS) is 14.3. The Morgan fingerprint density at radius 2 is 2.13 bits per heavy atom. The molecule has 30 heavy (non-hydrogen) atoms. The standard InChI is InChI=1S/C21H21N5O4/c1-22-18(28)12-30-16-6-5-14-19(20(16)29-2)25-17(26-9-8-24-21(14)26)10-15(27)13-4-3-7-23-11-13/h3-7,11H,8-10,12H2,1-2H3,(H,22,28). The highest BCUT2D eigenvalue weighted by molar-refractivity contribution is 6.21. The Bertz CT molecular complexity index is 1050. The highest BCUT2D eigenvalue weighted by Crippen LogP contribution is 2.43. The number of rotatable bonds is 7. The zero-order valence-corrected chi connectivity index (χ0v) is 16.7.